The lowest BCUT2D eigenvalue weighted by molar-refractivity contribution is 1.06. The SMILES string of the molecule is C=NC(=NC(=NCc1cccc(C)c1)c1cccc2sc3cc(-c4nc(-c5ccccc5)c5sc6ccccc6c5n4)ccc3c12)c1ccccc1. The van der Waals surface area contributed by atoms with Gasteiger partial charge in [0, 0.05) is 52.5 Å². The van der Waals surface area contributed by atoms with Gasteiger partial charge in [-0.1, -0.05) is 133 Å². The van der Waals surface area contributed by atoms with Gasteiger partial charge in [-0.2, -0.15) is 0 Å². The van der Waals surface area contributed by atoms with Crippen LogP contribution in [0.3, 0.4) is 0 Å². The number of hydrogen-bond acceptors (Lipinski definition) is 5. The van der Waals surface area contributed by atoms with E-state index in [0.29, 0.717) is 24.0 Å². The van der Waals surface area contributed by atoms with Crippen molar-refractivity contribution >= 4 is 81.5 Å². The first kappa shape index (κ1) is 31.8. The molecule has 9 rings (SSSR count). The van der Waals surface area contributed by atoms with Gasteiger partial charge in [-0.25, -0.2) is 20.0 Å². The van der Waals surface area contributed by atoms with Gasteiger partial charge in [0.05, 0.1) is 22.5 Å². The predicted octanol–water partition coefficient (Wildman–Crippen LogP) is 11.9. The molecule has 9 aromatic rings. The lowest BCUT2D eigenvalue weighted by atomic mass is 10.0. The molecule has 0 spiro atoms. The Morgan fingerprint density at radius 2 is 1.40 bits per heavy atom. The van der Waals surface area contributed by atoms with Gasteiger partial charge < -0.3 is 0 Å². The molecule has 0 radical (unpaired) electrons. The van der Waals surface area contributed by atoms with Crippen molar-refractivity contribution in [3.63, 3.8) is 0 Å². The topological polar surface area (TPSA) is 62.9 Å². The van der Waals surface area contributed by atoms with Gasteiger partial charge in [-0.3, -0.25) is 4.99 Å². The van der Waals surface area contributed by atoms with Crippen LogP contribution in [0.1, 0.15) is 22.3 Å². The molecule has 0 saturated carbocycles. The van der Waals surface area contributed by atoms with E-state index in [2.05, 4.69) is 128 Å². The van der Waals surface area contributed by atoms with Crippen LogP contribution in [0.25, 0.3) is 63.1 Å². The van der Waals surface area contributed by atoms with Crippen molar-refractivity contribution < 1.29 is 0 Å². The van der Waals surface area contributed by atoms with Gasteiger partial charge in [0.25, 0.3) is 0 Å². The fraction of sp³-hybridized carbons (Fsp3) is 0.0444. The minimum Gasteiger partial charge on any atom is -0.261 e. The third kappa shape index (κ3) is 5.90. The summed E-state index contributed by atoms with van der Waals surface area (Å²) in [5.41, 5.74) is 8.16. The third-order valence-electron chi connectivity index (χ3n) is 9.15. The summed E-state index contributed by atoms with van der Waals surface area (Å²) in [7, 11) is 0. The van der Waals surface area contributed by atoms with Crippen LogP contribution in [-0.4, -0.2) is 28.4 Å². The standard InChI is InChI=1S/C45H31N5S2/c1-28-13-11-14-29(25-28)27-47-45(50-43(46-2)31-17-7-4-8-18-31)35-20-12-22-37-39(35)33-24-23-32(26-38(33)51-37)44-48-40(30-15-5-3-6-16-30)42-41(49-44)34-19-9-10-21-36(34)52-42/h3-26H,2,27H2,1H3. The summed E-state index contributed by atoms with van der Waals surface area (Å²) in [6, 6.07) is 50.2. The number of fused-ring (bicyclic) bond motifs is 6. The average Bonchev–Trinajstić information content (AvgIpc) is 3.76. The minimum atomic E-state index is 0.489. The Bertz CT molecular complexity index is 2850. The number of aromatic nitrogens is 2. The number of rotatable bonds is 6. The first-order chi connectivity index (χ1) is 25.6. The molecule has 3 aromatic heterocycles. The first-order valence-corrected chi connectivity index (χ1v) is 18.7. The molecule has 3 heterocycles. The van der Waals surface area contributed by atoms with Crippen LogP contribution >= 0.6 is 22.7 Å². The van der Waals surface area contributed by atoms with E-state index in [9.17, 15) is 0 Å². The minimum absolute atomic E-state index is 0.489. The second kappa shape index (κ2) is 13.5. The molecule has 7 heteroatoms. The lowest BCUT2D eigenvalue weighted by Gasteiger charge is -2.09. The molecule has 0 bridgehead atoms. The second-order valence-electron chi connectivity index (χ2n) is 12.6. The van der Waals surface area contributed by atoms with Crippen LogP contribution in [-0.2, 0) is 6.54 Å². The van der Waals surface area contributed by atoms with Crippen LogP contribution < -0.4 is 0 Å². The van der Waals surface area contributed by atoms with E-state index in [1.54, 1.807) is 22.7 Å². The summed E-state index contributed by atoms with van der Waals surface area (Å²) in [6.45, 7) is 6.46. The molecule has 248 valence electrons. The third-order valence-corrected chi connectivity index (χ3v) is 11.4. The molecule has 52 heavy (non-hydrogen) atoms. The van der Waals surface area contributed by atoms with E-state index in [-0.39, 0.29) is 0 Å². The Hall–Kier alpha value is -6.15. The van der Waals surface area contributed by atoms with Gasteiger partial charge in [0.2, 0.25) is 0 Å². The van der Waals surface area contributed by atoms with Crippen molar-refractivity contribution in [3.8, 4) is 22.6 Å². The quantitative estimate of drug-likeness (QED) is 0.128. The highest BCUT2D eigenvalue weighted by Gasteiger charge is 2.19. The number of aliphatic imine (C=N–C) groups is 3. The molecule has 0 aliphatic heterocycles. The number of nitrogens with zero attached hydrogens (tertiary/aromatic N) is 5. The van der Waals surface area contributed by atoms with E-state index < -0.39 is 0 Å². The maximum atomic E-state index is 5.22. The van der Waals surface area contributed by atoms with E-state index in [1.165, 1.54) is 10.3 Å². The predicted molar refractivity (Wildman–Crippen MR) is 223 cm³/mol. The Labute approximate surface area is 309 Å². The first-order valence-electron chi connectivity index (χ1n) is 17.0. The van der Waals surface area contributed by atoms with Gasteiger partial charge in [-0.15, -0.1) is 22.7 Å². The fourth-order valence-electron chi connectivity index (χ4n) is 6.70. The van der Waals surface area contributed by atoms with Crippen molar-refractivity contribution in [1.82, 2.24) is 9.97 Å². The van der Waals surface area contributed by atoms with E-state index in [1.807, 2.05) is 36.4 Å². The Morgan fingerprint density at radius 1 is 0.635 bits per heavy atom. The van der Waals surface area contributed by atoms with Crippen LogP contribution in [0.15, 0.2) is 161 Å². The number of benzene rings is 6. The largest absolute Gasteiger partial charge is 0.261 e. The highest BCUT2D eigenvalue weighted by molar-refractivity contribution is 7.26. The number of thiophene rings is 2. The molecule has 0 saturated heterocycles. The summed E-state index contributed by atoms with van der Waals surface area (Å²) in [5, 5.41) is 3.40. The summed E-state index contributed by atoms with van der Waals surface area (Å²) in [4.78, 5) is 25.0. The highest BCUT2D eigenvalue weighted by Crippen LogP contribution is 2.41. The molecule has 5 nitrogen and oxygen atoms in total. The molecule has 0 atom stereocenters. The number of amidine groups is 2. The van der Waals surface area contributed by atoms with Gasteiger partial charge in [0.15, 0.2) is 17.5 Å². The molecular weight excluding hydrogens is 675 g/mol. The summed E-state index contributed by atoms with van der Waals surface area (Å²) in [5.74, 6) is 1.86. The van der Waals surface area contributed by atoms with E-state index in [4.69, 9.17) is 20.0 Å². The molecule has 0 fully saturated rings. The van der Waals surface area contributed by atoms with Gasteiger partial charge in [-0.05, 0) is 37.4 Å². The van der Waals surface area contributed by atoms with Crippen molar-refractivity contribution in [2.24, 2.45) is 15.0 Å². The van der Waals surface area contributed by atoms with Gasteiger partial charge in [0.1, 0.15) is 0 Å². The van der Waals surface area contributed by atoms with E-state index in [0.717, 1.165) is 69.3 Å². The Balaban J connectivity index is 1.21. The zero-order valence-electron chi connectivity index (χ0n) is 28.3. The summed E-state index contributed by atoms with van der Waals surface area (Å²) in [6.07, 6.45) is 0. The number of aryl methyl sites for hydroxylation is 1. The summed E-state index contributed by atoms with van der Waals surface area (Å²) >= 11 is 3.50. The Morgan fingerprint density at radius 3 is 2.23 bits per heavy atom. The van der Waals surface area contributed by atoms with Crippen LogP contribution in [0.4, 0.5) is 0 Å². The molecule has 0 aliphatic rings. The van der Waals surface area contributed by atoms with Crippen molar-refractivity contribution in [3.05, 3.63) is 168 Å². The van der Waals surface area contributed by atoms with Gasteiger partial charge >= 0.3 is 0 Å². The molecule has 0 amide bonds. The maximum absolute atomic E-state index is 5.22. The highest BCUT2D eigenvalue weighted by atomic mass is 32.1. The monoisotopic (exact) mass is 705 g/mol. The molecule has 0 unspecified atom stereocenters. The second-order valence-corrected chi connectivity index (χ2v) is 14.8. The van der Waals surface area contributed by atoms with Crippen LogP contribution in [0.2, 0.25) is 0 Å². The van der Waals surface area contributed by atoms with Crippen molar-refractivity contribution in [2.45, 2.75) is 13.5 Å². The fourth-order valence-corrected chi connectivity index (χ4v) is 9.02. The molecular formula is C45H31N5S2. The number of hydrogen-bond donors (Lipinski definition) is 0. The van der Waals surface area contributed by atoms with Crippen LogP contribution in [0.5, 0.6) is 0 Å². The van der Waals surface area contributed by atoms with E-state index >= 15 is 0 Å². The molecule has 0 N–H and O–H groups in total. The normalized spacial score (nSPS) is 12.3. The smallest absolute Gasteiger partial charge is 0.161 e. The average molecular weight is 706 g/mol. The zero-order valence-corrected chi connectivity index (χ0v) is 30.0. The zero-order chi connectivity index (χ0) is 35.0. The van der Waals surface area contributed by atoms with Crippen LogP contribution in [0, 0.1) is 6.92 Å². The van der Waals surface area contributed by atoms with Crippen molar-refractivity contribution in [2.75, 3.05) is 0 Å². The molecule has 6 aromatic carbocycles. The van der Waals surface area contributed by atoms with Crippen molar-refractivity contribution in [1.29, 1.82) is 0 Å². The Kier molecular flexibility index (Phi) is 8.27. The maximum Gasteiger partial charge on any atom is 0.161 e. The summed E-state index contributed by atoms with van der Waals surface area (Å²) < 4.78 is 4.61. The molecule has 0 aliphatic carbocycles. The lowest BCUT2D eigenvalue weighted by Crippen LogP contribution is -2.06.